The van der Waals surface area contributed by atoms with Crippen LogP contribution in [0.4, 0.5) is 0 Å². The summed E-state index contributed by atoms with van der Waals surface area (Å²) >= 11 is 3.78. The maximum atomic E-state index is 12.9. The molecule has 0 aliphatic carbocycles. The van der Waals surface area contributed by atoms with Gasteiger partial charge in [0.1, 0.15) is 0 Å². The Morgan fingerprint density at radius 2 is 2.18 bits per heavy atom. The van der Waals surface area contributed by atoms with Crippen molar-refractivity contribution < 1.29 is 4.79 Å². The van der Waals surface area contributed by atoms with E-state index in [9.17, 15) is 4.79 Å². The van der Waals surface area contributed by atoms with Crippen LogP contribution in [-0.4, -0.2) is 39.4 Å². The first-order valence-electron chi connectivity index (χ1n) is 7.52. The molecule has 1 fully saturated rings. The Morgan fingerprint density at radius 3 is 2.82 bits per heavy atom. The Balaban J connectivity index is 1.74. The molecule has 1 atom stereocenters. The van der Waals surface area contributed by atoms with Gasteiger partial charge in [-0.05, 0) is 31.7 Å². The Kier molecular flexibility index (Phi) is 4.59. The Labute approximate surface area is 139 Å². The summed E-state index contributed by atoms with van der Waals surface area (Å²) in [6.07, 6.45) is 1.02. The molecule has 2 aromatic heterocycles. The van der Waals surface area contributed by atoms with E-state index in [-0.39, 0.29) is 5.91 Å². The Hall–Kier alpha value is -1.27. The third-order valence-corrected chi connectivity index (χ3v) is 6.66. The molecule has 0 radical (unpaired) electrons. The smallest absolute Gasteiger partial charge is 0.257 e. The molecule has 1 amide bonds. The fourth-order valence-electron chi connectivity index (χ4n) is 2.92. The SMILES string of the molecule is Cc1nn(C)c(C)c1C(=O)N1CCS[C@H](c2cccs2)CC1. The number of thioether (sulfide) groups is 1. The first-order valence-corrected chi connectivity index (χ1v) is 9.45. The van der Waals surface area contributed by atoms with Crippen LogP contribution in [0.3, 0.4) is 0 Å². The number of carbonyl (C=O) groups is 1. The molecular weight excluding hydrogens is 314 g/mol. The molecule has 118 valence electrons. The predicted molar refractivity (Wildman–Crippen MR) is 92.7 cm³/mol. The highest BCUT2D eigenvalue weighted by Gasteiger charge is 2.26. The third-order valence-electron chi connectivity index (χ3n) is 4.21. The fourth-order valence-corrected chi connectivity index (χ4v) is 5.15. The van der Waals surface area contributed by atoms with E-state index >= 15 is 0 Å². The van der Waals surface area contributed by atoms with Gasteiger partial charge in [0.05, 0.1) is 11.3 Å². The lowest BCUT2D eigenvalue weighted by atomic mass is 10.1. The highest BCUT2D eigenvalue weighted by molar-refractivity contribution is 7.99. The van der Waals surface area contributed by atoms with Crippen molar-refractivity contribution in [3.8, 4) is 0 Å². The lowest BCUT2D eigenvalue weighted by molar-refractivity contribution is 0.0765. The molecule has 1 aliphatic rings. The van der Waals surface area contributed by atoms with Crippen LogP contribution < -0.4 is 0 Å². The van der Waals surface area contributed by atoms with Gasteiger partial charge in [-0.15, -0.1) is 11.3 Å². The van der Waals surface area contributed by atoms with Crippen molar-refractivity contribution >= 4 is 29.0 Å². The van der Waals surface area contributed by atoms with E-state index in [2.05, 4.69) is 22.6 Å². The molecule has 3 heterocycles. The second-order valence-electron chi connectivity index (χ2n) is 5.63. The number of amides is 1. The van der Waals surface area contributed by atoms with Gasteiger partial charge in [0.15, 0.2) is 0 Å². The molecule has 4 nitrogen and oxygen atoms in total. The minimum absolute atomic E-state index is 0.135. The number of aryl methyl sites for hydroxylation is 2. The topological polar surface area (TPSA) is 38.1 Å². The molecule has 3 rings (SSSR count). The van der Waals surface area contributed by atoms with E-state index in [4.69, 9.17) is 0 Å². The van der Waals surface area contributed by atoms with Gasteiger partial charge in [0, 0.05) is 41.7 Å². The van der Waals surface area contributed by atoms with Gasteiger partial charge in [-0.3, -0.25) is 9.48 Å². The molecule has 0 saturated carbocycles. The molecule has 0 bridgehead atoms. The van der Waals surface area contributed by atoms with Crippen LogP contribution in [0.1, 0.15) is 38.3 Å². The van der Waals surface area contributed by atoms with Crippen molar-refractivity contribution in [3.05, 3.63) is 39.3 Å². The van der Waals surface area contributed by atoms with Gasteiger partial charge in [-0.2, -0.15) is 16.9 Å². The van der Waals surface area contributed by atoms with E-state index in [0.717, 1.165) is 42.2 Å². The standard InChI is InChI=1S/C16H21N3OS2/c1-11-15(12(2)18(3)17-11)16(20)19-7-6-14(22-10-8-19)13-5-4-9-21-13/h4-5,9,14H,6-8,10H2,1-3H3/t14-/m0/s1. The fraction of sp³-hybridized carbons (Fsp3) is 0.500. The summed E-state index contributed by atoms with van der Waals surface area (Å²) in [6, 6.07) is 4.31. The first-order chi connectivity index (χ1) is 10.6. The van der Waals surface area contributed by atoms with Gasteiger partial charge in [-0.25, -0.2) is 0 Å². The second-order valence-corrected chi connectivity index (χ2v) is 7.92. The lowest BCUT2D eigenvalue weighted by Gasteiger charge is -2.20. The number of carbonyl (C=O) groups excluding carboxylic acids is 1. The van der Waals surface area contributed by atoms with Crippen molar-refractivity contribution in [2.24, 2.45) is 7.05 Å². The highest BCUT2D eigenvalue weighted by atomic mass is 32.2. The van der Waals surface area contributed by atoms with Crippen LogP contribution in [0.2, 0.25) is 0 Å². The van der Waals surface area contributed by atoms with Gasteiger partial charge < -0.3 is 4.90 Å². The van der Waals surface area contributed by atoms with Crippen LogP contribution in [0, 0.1) is 13.8 Å². The number of thiophene rings is 1. The molecule has 0 aromatic carbocycles. The van der Waals surface area contributed by atoms with Crippen LogP contribution in [0.5, 0.6) is 0 Å². The number of rotatable bonds is 2. The van der Waals surface area contributed by atoms with E-state index in [1.165, 1.54) is 4.88 Å². The summed E-state index contributed by atoms with van der Waals surface area (Å²) in [5.74, 6) is 1.13. The zero-order chi connectivity index (χ0) is 15.7. The van der Waals surface area contributed by atoms with Crippen molar-refractivity contribution in [1.29, 1.82) is 0 Å². The van der Waals surface area contributed by atoms with Gasteiger partial charge in [0.2, 0.25) is 0 Å². The minimum atomic E-state index is 0.135. The number of hydrogen-bond donors (Lipinski definition) is 0. The maximum Gasteiger partial charge on any atom is 0.257 e. The van der Waals surface area contributed by atoms with Gasteiger partial charge in [-0.1, -0.05) is 6.07 Å². The van der Waals surface area contributed by atoms with Crippen LogP contribution in [-0.2, 0) is 7.05 Å². The third kappa shape index (κ3) is 2.94. The summed E-state index contributed by atoms with van der Waals surface area (Å²) in [4.78, 5) is 16.3. The summed E-state index contributed by atoms with van der Waals surface area (Å²) in [5, 5.41) is 7.02. The Bertz CT molecular complexity index is 663. The Morgan fingerprint density at radius 1 is 1.36 bits per heavy atom. The summed E-state index contributed by atoms with van der Waals surface area (Å²) in [6.45, 7) is 5.52. The maximum absolute atomic E-state index is 12.9. The van der Waals surface area contributed by atoms with E-state index in [1.807, 2.05) is 48.9 Å². The zero-order valence-corrected chi connectivity index (χ0v) is 14.8. The first kappa shape index (κ1) is 15.6. The normalized spacial score (nSPS) is 19.2. The lowest BCUT2D eigenvalue weighted by Crippen LogP contribution is -2.33. The molecule has 22 heavy (non-hydrogen) atoms. The summed E-state index contributed by atoms with van der Waals surface area (Å²) in [5.41, 5.74) is 2.56. The van der Waals surface area contributed by atoms with E-state index in [1.54, 1.807) is 4.68 Å². The van der Waals surface area contributed by atoms with Crippen molar-refractivity contribution in [3.63, 3.8) is 0 Å². The van der Waals surface area contributed by atoms with E-state index < -0.39 is 0 Å². The average Bonchev–Trinajstić information content (AvgIpc) is 3.01. The van der Waals surface area contributed by atoms with Crippen molar-refractivity contribution in [2.75, 3.05) is 18.8 Å². The quantitative estimate of drug-likeness (QED) is 0.844. The van der Waals surface area contributed by atoms with Gasteiger partial charge in [0.25, 0.3) is 5.91 Å². The van der Waals surface area contributed by atoms with Crippen molar-refractivity contribution in [2.45, 2.75) is 25.5 Å². The number of nitrogens with zero attached hydrogens (tertiary/aromatic N) is 3. The van der Waals surface area contributed by atoms with E-state index in [0.29, 0.717) is 5.25 Å². The van der Waals surface area contributed by atoms with Crippen molar-refractivity contribution in [1.82, 2.24) is 14.7 Å². The molecule has 1 saturated heterocycles. The average molecular weight is 335 g/mol. The minimum Gasteiger partial charge on any atom is -0.338 e. The highest BCUT2D eigenvalue weighted by Crippen LogP contribution is 2.37. The molecule has 6 heteroatoms. The monoisotopic (exact) mass is 335 g/mol. The molecular formula is C16H21N3OS2. The summed E-state index contributed by atoms with van der Waals surface area (Å²) < 4.78 is 1.80. The zero-order valence-electron chi connectivity index (χ0n) is 13.2. The number of hydrogen-bond acceptors (Lipinski definition) is 4. The summed E-state index contributed by atoms with van der Waals surface area (Å²) in [7, 11) is 1.89. The molecule has 2 aromatic rings. The van der Waals surface area contributed by atoms with Gasteiger partial charge >= 0.3 is 0 Å². The second kappa shape index (κ2) is 6.46. The number of aromatic nitrogens is 2. The molecule has 0 unspecified atom stereocenters. The predicted octanol–water partition coefficient (Wildman–Crippen LogP) is 3.42. The van der Waals surface area contributed by atoms with Crippen LogP contribution >= 0.6 is 23.1 Å². The molecule has 0 N–H and O–H groups in total. The molecule has 0 spiro atoms. The largest absolute Gasteiger partial charge is 0.338 e. The van der Waals surface area contributed by atoms with Crippen LogP contribution in [0.15, 0.2) is 17.5 Å². The van der Waals surface area contributed by atoms with Crippen LogP contribution in [0.25, 0.3) is 0 Å². The molecule has 1 aliphatic heterocycles.